The Labute approximate surface area is 108 Å². The first-order valence-electron chi connectivity index (χ1n) is 6.34. The molecule has 4 nitrogen and oxygen atoms in total. The number of fused-ring (bicyclic) bond motifs is 1. The molecular formula is C14H20N2O2. The summed E-state index contributed by atoms with van der Waals surface area (Å²) in [6.45, 7) is 2.95. The van der Waals surface area contributed by atoms with Gasteiger partial charge in [-0.15, -0.1) is 0 Å². The minimum atomic E-state index is 0.132. The molecular weight excluding hydrogens is 228 g/mol. The molecule has 98 valence electrons. The number of carbonyl (C=O) groups is 1. The lowest BCUT2D eigenvalue weighted by molar-refractivity contribution is -0.117. The summed E-state index contributed by atoms with van der Waals surface area (Å²) in [4.78, 5) is 13.3. The minimum Gasteiger partial charge on any atom is -0.395 e. The van der Waals surface area contributed by atoms with Crippen LogP contribution >= 0.6 is 0 Å². The molecule has 0 aliphatic carbocycles. The van der Waals surface area contributed by atoms with Crippen molar-refractivity contribution < 1.29 is 9.90 Å². The Morgan fingerprint density at radius 3 is 3.00 bits per heavy atom. The number of benzene rings is 1. The lowest BCUT2D eigenvalue weighted by atomic mass is 10.1. The van der Waals surface area contributed by atoms with Crippen molar-refractivity contribution in [3.05, 3.63) is 29.3 Å². The van der Waals surface area contributed by atoms with Gasteiger partial charge in [0.05, 0.1) is 13.0 Å². The van der Waals surface area contributed by atoms with Crippen LogP contribution in [0.2, 0.25) is 0 Å². The summed E-state index contributed by atoms with van der Waals surface area (Å²) in [5.41, 5.74) is 3.38. The lowest BCUT2D eigenvalue weighted by Gasteiger charge is -2.12. The first-order chi connectivity index (χ1) is 8.61. The summed E-state index contributed by atoms with van der Waals surface area (Å²) >= 11 is 0. The third-order valence-corrected chi connectivity index (χ3v) is 3.40. The number of aliphatic hydroxyl groups is 1. The Bertz CT molecular complexity index is 445. The predicted molar refractivity (Wildman–Crippen MR) is 71.8 cm³/mol. The molecule has 1 atom stereocenters. The van der Waals surface area contributed by atoms with Crippen molar-refractivity contribution in [1.82, 2.24) is 5.32 Å². The second-order valence-corrected chi connectivity index (χ2v) is 4.88. The number of aliphatic hydroxyl groups excluding tert-OH is 1. The highest BCUT2D eigenvalue weighted by Crippen LogP contribution is 2.28. The van der Waals surface area contributed by atoms with Gasteiger partial charge in [0.25, 0.3) is 0 Å². The topological polar surface area (TPSA) is 52.6 Å². The molecule has 1 aliphatic rings. The molecule has 2 rings (SSSR count). The summed E-state index contributed by atoms with van der Waals surface area (Å²) in [7, 11) is 1.82. The molecule has 1 amide bonds. The molecule has 0 spiro atoms. The summed E-state index contributed by atoms with van der Waals surface area (Å²) in [5.74, 6) is 0.161. The van der Waals surface area contributed by atoms with Crippen LogP contribution in [0.5, 0.6) is 0 Å². The van der Waals surface area contributed by atoms with E-state index in [2.05, 4.69) is 17.4 Å². The van der Waals surface area contributed by atoms with Crippen LogP contribution in [0, 0.1) is 0 Å². The molecule has 1 heterocycles. The van der Waals surface area contributed by atoms with Crippen molar-refractivity contribution in [2.75, 3.05) is 25.1 Å². The zero-order valence-corrected chi connectivity index (χ0v) is 10.9. The number of likely N-dealkylation sites (N-methyl/N-ethyl adjacent to an activating group) is 1. The molecule has 4 heteroatoms. The van der Waals surface area contributed by atoms with Crippen molar-refractivity contribution in [3.63, 3.8) is 0 Å². The van der Waals surface area contributed by atoms with Gasteiger partial charge in [-0.25, -0.2) is 0 Å². The van der Waals surface area contributed by atoms with Gasteiger partial charge in [-0.05, 0) is 37.1 Å². The molecule has 0 saturated carbocycles. The second kappa shape index (κ2) is 5.50. The van der Waals surface area contributed by atoms with E-state index in [4.69, 9.17) is 5.11 Å². The highest BCUT2D eigenvalue weighted by Gasteiger charge is 2.23. The minimum absolute atomic E-state index is 0.132. The maximum atomic E-state index is 11.6. The number of anilines is 1. The third kappa shape index (κ3) is 2.71. The van der Waals surface area contributed by atoms with Crippen LogP contribution in [0.3, 0.4) is 0 Å². The fourth-order valence-electron chi connectivity index (χ4n) is 2.21. The van der Waals surface area contributed by atoms with Gasteiger partial charge >= 0.3 is 0 Å². The van der Waals surface area contributed by atoms with Crippen molar-refractivity contribution in [3.8, 4) is 0 Å². The summed E-state index contributed by atoms with van der Waals surface area (Å²) in [6, 6.07) is 6.33. The first kappa shape index (κ1) is 13.1. The molecule has 1 aromatic rings. The summed E-state index contributed by atoms with van der Waals surface area (Å²) in [5, 5.41) is 12.2. The molecule has 0 bridgehead atoms. The highest BCUT2D eigenvalue weighted by atomic mass is 16.3. The second-order valence-electron chi connectivity index (χ2n) is 4.88. The van der Waals surface area contributed by atoms with Gasteiger partial charge < -0.3 is 15.3 Å². The fourth-order valence-corrected chi connectivity index (χ4v) is 2.21. The van der Waals surface area contributed by atoms with E-state index in [1.54, 1.807) is 4.90 Å². The quantitative estimate of drug-likeness (QED) is 0.807. The van der Waals surface area contributed by atoms with Crippen LogP contribution in [0.1, 0.15) is 18.1 Å². The van der Waals surface area contributed by atoms with E-state index in [0.29, 0.717) is 6.42 Å². The Balaban J connectivity index is 1.96. The Hall–Kier alpha value is -1.39. The zero-order valence-electron chi connectivity index (χ0n) is 10.9. The van der Waals surface area contributed by atoms with Crippen LogP contribution in [-0.4, -0.2) is 37.3 Å². The summed E-state index contributed by atoms with van der Waals surface area (Å²) < 4.78 is 0. The number of hydrogen-bond donors (Lipinski definition) is 2. The molecule has 2 N–H and O–H groups in total. The predicted octanol–water partition coefficient (Wildman–Crippen LogP) is 0.718. The third-order valence-electron chi connectivity index (χ3n) is 3.40. The van der Waals surface area contributed by atoms with Gasteiger partial charge in [0, 0.05) is 18.8 Å². The van der Waals surface area contributed by atoms with E-state index in [9.17, 15) is 4.79 Å². The van der Waals surface area contributed by atoms with Gasteiger partial charge in [0.15, 0.2) is 0 Å². The van der Waals surface area contributed by atoms with E-state index in [1.807, 2.05) is 20.0 Å². The van der Waals surface area contributed by atoms with Crippen molar-refractivity contribution in [2.45, 2.75) is 25.8 Å². The van der Waals surface area contributed by atoms with Gasteiger partial charge in [0.1, 0.15) is 0 Å². The largest absolute Gasteiger partial charge is 0.395 e. The number of carbonyl (C=O) groups excluding carboxylic acids is 1. The van der Waals surface area contributed by atoms with Gasteiger partial charge in [-0.3, -0.25) is 4.79 Å². The molecule has 0 aromatic heterocycles. The average Bonchev–Trinajstić information content (AvgIpc) is 2.64. The van der Waals surface area contributed by atoms with Crippen LogP contribution in [0.25, 0.3) is 0 Å². The van der Waals surface area contributed by atoms with E-state index in [-0.39, 0.29) is 18.6 Å². The SMILES string of the molecule is CC(CO)NCCc1ccc2c(c1)CC(=O)N2C. The number of nitrogens with one attached hydrogen (secondary N) is 1. The Kier molecular flexibility index (Phi) is 3.99. The molecule has 0 fully saturated rings. The van der Waals surface area contributed by atoms with Crippen LogP contribution in [0.4, 0.5) is 5.69 Å². The molecule has 1 aliphatic heterocycles. The zero-order chi connectivity index (χ0) is 13.1. The normalized spacial score (nSPS) is 15.9. The Morgan fingerprint density at radius 1 is 1.50 bits per heavy atom. The molecule has 0 radical (unpaired) electrons. The van der Waals surface area contributed by atoms with Crippen molar-refractivity contribution in [1.29, 1.82) is 0 Å². The fraction of sp³-hybridized carbons (Fsp3) is 0.500. The van der Waals surface area contributed by atoms with Crippen LogP contribution in [0.15, 0.2) is 18.2 Å². The molecule has 1 unspecified atom stereocenters. The maximum absolute atomic E-state index is 11.6. The van der Waals surface area contributed by atoms with E-state index >= 15 is 0 Å². The monoisotopic (exact) mass is 248 g/mol. The Morgan fingerprint density at radius 2 is 2.28 bits per heavy atom. The lowest BCUT2D eigenvalue weighted by Crippen LogP contribution is -2.30. The number of rotatable bonds is 5. The summed E-state index contributed by atoms with van der Waals surface area (Å²) in [6.07, 6.45) is 1.43. The van der Waals surface area contributed by atoms with E-state index < -0.39 is 0 Å². The van der Waals surface area contributed by atoms with Crippen molar-refractivity contribution in [2.24, 2.45) is 0 Å². The van der Waals surface area contributed by atoms with Crippen LogP contribution < -0.4 is 10.2 Å². The van der Waals surface area contributed by atoms with Crippen LogP contribution in [-0.2, 0) is 17.6 Å². The van der Waals surface area contributed by atoms with Gasteiger partial charge in [-0.1, -0.05) is 12.1 Å². The van der Waals surface area contributed by atoms with E-state index in [0.717, 1.165) is 24.2 Å². The first-order valence-corrected chi connectivity index (χ1v) is 6.34. The highest BCUT2D eigenvalue weighted by molar-refractivity contribution is 6.00. The number of hydrogen-bond acceptors (Lipinski definition) is 3. The molecule has 1 aromatic carbocycles. The van der Waals surface area contributed by atoms with Gasteiger partial charge in [-0.2, -0.15) is 0 Å². The average molecular weight is 248 g/mol. The molecule has 18 heavy (non-hydrogen) atoms. The number of nitrogens with zero attached hydrogens (tertiary/aromatic N) is 1. The maximum Gasteiger partial charge on any atom is 0.231 e. The standard InChI is InChI=1S/C14H20N2O2/c1-10(9-17)15-6-5-11-3-4-13-12(7-11)8-14(18)16(13)2/h3-4,7,10,15,17H,5-6,8-9H2,1-2H3. The van der Waals surface area contributed by atoms with Gasteiger partial charge in [0.2, 0.25) is 5.91 Å². The van der Waals surface area contributed by atoms with E-state index in [1.165, 1.54) is 5.56 Å². The molecule has 0 saturated heterocycles. The number of amides is 1. The smallest absolute Gasteiger partial charge is 0.231 e. The van der Waals surface area contributed by atoms with Crippen molar-refractivity contribution >= 4 is 11.6 Å².